The minimum Gasteiger partial charge on any atom is -0.443 e. The number of halogens is 1. The van der Waals surface area contributed by atoms with E-state index in [4.69, 9.17) is 16.3 Å². The molecule has 0 aliphatic carbocycles. The summed E-state index contributed by atoms with van der Waals surface area (Å²) in [5.41, 5.74) is 1.32. The van der Waals surface area contributed by atoms with Crippen molar-refractivity contribution in [3.63, 3.8) is 0 Å². The summed E-state index contributed by atoms with van der Waals surface area (Å²) in [5, 5.41) is 1.04. The molecule has 1 aromatic heterocycles. The Morgan fingerprint density at radius 3 is 2.65 bits per heavy atom. The molecule has 0 unspecified atom stereocenters. The highest BCUT2D eigenvalue weighted by Crippen LogP contribution is 2.22. The van der Waals surface area contributed by atoms with Crippen molar-refractivity contribution in [3.8, 4) is 0 Å². The first-order chi connectivity index (χ1) is 9.42. The van der Waals surface area contributed by atoms with Crippen LogP contribution < -0.4 is 0 Å². The van der Waals surface area contributed by atoms with E-state index in [2.05, 4.69) is 0 Å². The highest BCUT2D eigenvalue weighted by atomic mass is 35.5. The maximum absolute atomic E-state index is 12.4. The van der Waals surface area contributed by atoms with Crippen LogP contribution in [0.5, 0.6) is 0 Å². The molecule has 4 heteroatoms. The van der Waals surface area contributed by atoms with Crippen molar-refractivity contribution in [2.24, 2.45) is 0 Å². The number of aromatic nitrogens is 1. The summed E-state index contributed by atoms with van der Waals surface area (Å²) in [6.07, 6.45) is 1.27. The van der Waals surface area contributed by atoms with Gasteiger partial charge >= 0.3 is 6.09 Å². The second kappa shape index (κ2) is 5.88. The normalized spacial score (nSPS) is 11.8. The van der Waals surface area contributed by atoms with Gasteiger partial charge in [-0.25, -0.2) is 9.36 Å². The first kappa shape index (κ1) is 14.9. The molecule has 0 bridgehead atoms. The van der Waals surface area contributed by atoms with Gasteiger partial charge in [0, 0.05) is 17.0 Å². The SMILES string of the molecule is CC(C)(C)OC(=O)n1c(CCCCl)cc2ccccc21. The lowest BCUT2D eigenvalue weighted by Gasteiger charge is -2.21. The summed E-state index contributed by atoms with van der Waals surface area (Å²) in [6.45, 7) is 5.61. The smallest absolute Gasteiger partial charge is 0.419 e. The van der Waals surface area contributed by atoms with E-state index in [0.29, 0.717) is 5.88 Å². The molecule has 108 valence electrons. The van der Waals surface area contributed by atoms with Crippen molar-refractivity contribution in [1.29, 1.82) is 0 Å². The van der Waals surface area contributed by atoms with Crippen molar-refractivity contribution in [2.75, 3.05) is 5.88 Å². The number of carbonyl (C=O) groups excluding carboxylic acids is 1. The monoisotopic (exact) mass is 293 g/mol. The molecule has 1 aromatic carbocycles. The van der Waals surface area contributed by atoms with Gasteiger partial charge in [0.15, 0.2) is 0 Å². The lowest BCUT2D eigenvalue weighted by molar-refractivity contribution is 0.0540. The molecule has 0 spiro atoms. The maximum atomic E-state index is 12.4. The van der Waals surface area contributed by atoms with Gasteiger partial charge in [-0.3, -0.25) is 0 Å². The van der Waals surface area contributed by atoms with Crippen LogP contribution >= 0.6 is 11.6 Å². The zero-order valence-corrected chi connectivity index (χ0v) is 12.9. The molecular formula is C16H20ClNO2. The zero-order chi connectivity index (χ0) is 14.8. The zero-order valence-electron chi connectivity index (χ0n) is 12.1. The number of nitrogens with zero attached hydrogens (tertiary/aromatic N) is 1. The number of para-hydroxylation sites is 1. The number of aryl methyl sites for hydroxylation is 1. The minimum atomic E-state index is -0.508. The fourth-order valence-corrected chi connectivity index (χ4v) is 2.30. The third-order valence-electron chi connectivity index (χ3n) is 2.93. The second-order valence-corrected chi connectivity index (χ2v) is 6.18. The molecule has 0 atom stereocenters. The second-order valence-electron chi connectivity index (χ2n) is 5.80. The number of alkyl halides is 1. The van der Waals surface area contributed by atoms with Crippen LogP contribution in [0.3, 0.4) is 0 Å². The molecule has 20 heavy (non-hydrogen) atoms. The number of carbonyl (C=O) groups is 1. The van der Waals surface area contributed by atoms with E-state index in [-0.39, 0.29) is 6.09 Å². The van der Waals surface area contributed by atoms with E-state index in [9.17, 15) is 4.79 Å². The van der Waals surface area contributed by atoms with Crippen molar-refractivity contribution in [1.82, 2.24) is 4.57 Å². The molecule has 0 N–H and O–H groups in total. The Balaban J connectivity index is 2.44. The molecule has 0 saturated heterocycles. The van der Waals surface area contributed by atoms with Crippen LogP contribution in [0.4, 0.5) is 4.79 Å². The van der Waals surface area contributed by atoms with E-state index in [1.54, 1.807) is 4.57 Å². The van der Waals surface area contributed by atoms with Gasteiger partial charge in [-0.05, 0) is 45.7 Å². The van der Waals surface area contributed by atoms with Gasteiger partial charge in [-0.2, -0.15) is 0 Å². The van der Waals surface area contributed by atoms with Crippen LogP contribution in [0.25, 0.3) is 10.9 Å². The summed E-state index contributed by atoms with van der Waals surface area (Å²) in [7, 11) is 0. The van der Waals surface area contributed by atoms with E-state index in [1.165, 1.54) is 0 Å². The summed E-state index contributed by atoms with van der Waals surface area (Å²) < 4.78 is 7.16. The molecule has 1 heterocycles. The van der Waals surface area contributed by atoms with Crippen molar-refractivity contribution >= 4 is 28.6 Å². The lowest BCUT2D eigenvalue weighted by Crippen LogP contribution is -2.28. The number of fused-ring (bicyclic) bond motifs is 1. The summed E-state index contributed by atoms with van der Waals surface area (Å²) >= 11 is 5.76. The minimum absolute atomic E-state index is 0.330. The highest BCUT2D eigenvalue weighted by molar-refractivity contribution is 6.17. The Labute approximate surface area is 124 Å². The number of hydrogen-bond donors (Lipinski definition) is 0. The van der Waals surface area contributed by atoms with Crippen LogP contribution in [0.2, 0.25) is 0 Å². The fourth-order valence-electron chi connectivity index (χ4n) is 2.17. The molecule has 0 radical (unpaired) electrons. The average molecular weight is 294 g/mol. The van der Waals surface area contributed by atoms with Gasteiger partial charge in [0.25, 0.3) is 0 Å². The fraction of sp³-hybridized carbons (Fsp3) is 0.438. The molecule has 2 rings (SSSR count). The first-order valence-electron chi connectivity index (χ1n) is 6.81. The molecular weight excluding hydrogens is 274 g/mol. The van der Waals surface area contributed by atoms with Crippen LogP contribution in [-0.4, -0.2) is 22.1 Å². The van der Waals surface area contributed by atoms with Crippen LogP contribution in [-0.2, 0) is 11.2 Å². The van der Waals surface area contributed by atoms with E-state index < -0.39 is 5.60 Å². The number of benzene rings is 1. The van der Waals surface area contributed by atoms with E-state index in [0.717, 1.165) is 29.4 Å². The van der Waals surface area contributed by atoms with Gasteiger partial charge < -0.3 is 4.74 Å². The molecule has 0 fully saturated rings. The standard InChI is InChI=1S/C16H20ClNO2/c1-16(2,3)20-15(19)18-13(8-6-10-17)11-12-7-4-5-9-14(12)18/h4-5,7,9,11H,6,8,10H2,1-3H3. The van der Waals surface area contributed by atoms with Crippen molar-refractivity contribution in [3.05, 3.63) is 36.0 Å². The molecule has 3 nitrogen and oxygen atoms in total. The van der Waals surface area contributed by atoms with Crippen LogP contribution in [0, 0.1) is 0 Å². The largest absolute Gasteiger partial charge is 0.443 e. The lowest BCUT2D eigenvalue weighted by atomic mass is 10.2. The van der Waals surface area contributed by atoms with E-state index >= 15 is 0 Å². The van der Waals surface area contributed by atoms with Crippen molar-refractivity contribution in [2.45, 2.75) is 39.2 Å². The highest BCUT2D eigenvalue weighted by Gasteiger charge is 2.21. The number of rotatable bonds is 3. The predicted octanol–water partition coefficient (Wildman–Crippen LogP) is 4.60. The maximum Gasteiger partial charge on any atom is 0.419 e. The summed E-state index contributed by atoms with van der Waals surface area (Å²) in [5.74, 6) is 0.579. The van der Waals surface area contributed by atoms with E-state index in [1.807, 2.05) is 51.1 Å². The molecule has 0 aliphatic rings. The Bertz CT molecular complexity index is 610. The topological polar surface area (TPSA) is 31.2 Å². The molecule has 2 aromatic rings. The third kappa shape index (κ3) is 3.34. The summed E-state index contributed by atoms with van der Waals surface area (Å²) in [6, 6.07) is 9.86. The van der Waals surface area contributed by atoms with Gasteiger partial charge in [0.1, 0.15) is 5.60 Å². The van der Waals surface area contributed by atoms with Gasteiger partial charge in [0.2, 0.25) is 0 Å². The third-order valence-corrected chi connectivity index (χ3v) is 3.20. The number of ether oxygens (including phenoxy) is 1. The first-order valence-corrected chi connectivity index (χ1v) is 7.34. The van der Waals surface area contributed by atoms with Crippen LogP contribution in [0.1, 0.15) is 32.9 Å². The predicted molar refractivity (Wildman–Crippen MR) is 82.6 cm³/mol. The molecule has 0 aliphatic heterocycles. The number of hydrogen-bond acceptors (Lipinski definition) is 2. The Kier molecular flexibility index (Phi) is 4.39. The Morgan fingerprint density at radius 2 is 2.00 bits per heavy atom. The Hall–Kier alpha value is -1.48. The van der Waals surface area contributed by atoms with Gasteiger partial charge in [-0.15, -0.1) is 11.6 Å². The van der Waals surface area contributed by atoms with Gasteiger partial charge in [-0.1, -0.05) is 18.2 Å². The van der Waals surface area contributed by atoms with Crippen LogP contribution in [0.15, 0.2) is 30.3 Å². The Morgan fingerprint density at radius 1 is 1.30 bits per heavy atom. The summed E-state index contributed by atoms with van der Waals surface area (Å²) in [4.78, 5) is 12.4. The average Bonchev–Trinajstić information content (AvgIpc) is 2.72. The molecule has 0 amide bonds. The quantitative estimate of drug-likeness (QED) is 0.775. The van der Waals surface area contributed by atoms with Gasteiger partial charge in [0.05, 0.1) is 5.52 Å². The van der Waals surface area contributed by atoms with Crippen molar-refractivity contribution < 1.29 is 9.53 Å². The molecule has 0 saturated carbocycles.